The van der Waals surface area contributed by atoms with Gasteiger partial charge < -0.3 is 24.3 Å². The number of nitrogens with zero attached hydrogens (tertiary/aromatic N) is 5. The van der Waals surface area contributed by atoms with E-state index in [1.165, 1.54) is 16.8 Å². The van der Waals surface area contributed by atoms with Gasteiger partial charge in [0.05, 0.1) is 26.0 Å². The fourth-order valence-corrected chi connectivity index (χ4v) is 4.92. The van der Waals surface area contributed by atoms with Gasteiger partial charge in [0.1, 0.15) is 12.4 Å². The van der Waals surface area contributed by atoms with Crippen LogP contribution in [-0.4, -0.2) is 81.6 Å². The number of morpholine rings is 1. The highest BCUT2D eigenvalue weighted by Crippen LogP contribution is 2.38. The molecule has 1 aromatic carbocycles. The Morgan fingerprint density at radius 2 is 2.11 bits per heavy atom. The number of likely N-dealkylation sites (N-methyl/N-ethyl adjacent to an activating group) is 1. The second-order valence-electron chi connectivity index (χ2n) is 9.63. The molecule has 4 heterocycles. The van der Waals surface area contributed by atoms with Gasteiger partial charge in [0.2, 0.25) is 0 Å². The van der Waals surface area contributed by atoms with E-state index in [0.717, 1.165) is 27.7 Å². The first-order valence-electron chi connectivity index (χ1n) is 12.5. The molecule has 0 saturated carbocycles. The number of aromatic nitrogens is 4. The van der Waals surface area contributed by atoms with Crippen LogP contribution in [0.4, 0.5) is 0 Å². The van der Waals surface area contributed by atoms with Crippen molar-refractivity contribution in [2.75, 3.05) is 40.4 Å². The van der Waals surface area contributed by atoms with E-state index < -0.39 is 11.8 Å². The Hall–Kier alpha value is -3.92. The van der Waals surface area contributed by atoms with E-state index in [2.05, 4.69) is 35.0 Å². The Labute approximate surface area is 215 Å². The van der Waals surface area contributed by atoms with Crippen molar-refractivity contribution in [2.24, 2.45) is 0 Å². The van der Waals surface area contributed by atoms with Crippen LogP contribution in [0.25, 0.3) is 27.8 Å². The van der Waals surface area contributed by atoms with Crippen molar-refractivity contribution in [3.63, 3.8) is 0 Å². The normalized spacial score (nSPS) is 16.1. The van der Waals surface area contributed by atoms with Crippen LogP contribution in [0.3, 0.4) is 0 Å². The minimum absolute atomic E-state index is 0.226. The van der Waals surface area contributed by atoms with Crippen LogP contribution in [0.5, 0.6) is 5.75 Å². The predicted octanol–water partition coefficient (Wildman–Crippen LogP) is 3.39. The van der Waals surface area contributed by atoms with Gasteiger partial charge in [-0.05, 0) is 42.2 Å². The number of aromatic amines is 1. The number of ether oxygens (including phenoxy) is 2. The van der Waals surface area contributed by atoms with Crippen LogP contribution in [0.2, 0.25) is 0 Å². The lowest BCUT2D eigenvalue weighted by Gasteiger charge is -2.33. The fraction of sp³-hybridized carbons (Fsp3) is 0.407. The third-order valence-corrected chi connectivity index (χ3v) is 7.02. The Balaban J connectivity index is 1.51. The molecule has 10 heteroatoms. The molecule has 1 saturated heterocycles. The molecule has 1 aliphatic heterocycles. The van der Waals surface area contributed by atoms with E-state index >= 15 is 0 Å². The van der Waals surface area contributed by atoms with Gasteiger partial charge in [-0.1, -0.05) is 19.9 Å². The van der Waals surface area contributed by atoms with Crippen LogP contribution < -0.4 is 4.74 Å². The zero-order chi connectivity index (χ0) is 26.3. The summed E-state index contributed by atoms with van der Waals surface area (Å²) < 4.78 is 13.3. The SMILES string of the molecule is CCN(C)C(=O)C(=O)N1CCOC(c2ccc3[nH]c(-c4cc(OC)c5ncnn5c4)c(C(C)C)c3c2)C1. The van der Waals surface area contributed by atoms with E-state index in [1.54, 1.807) is 23.6 Å². The lowest BCUT2D eigenvalue weighted by atomic mass is 9.95. The highest BCUT2D eigenvalue weighted by Gasteiger charge is 2.31. The molecular formula is C27H32N6O4. The summed E-state index contributed by atoms with van der Waals surface area (Å²) in [5, 5.41) is 5.39. The van der Waals surface area contributed by atoms with Crippen molar-refractivity contribution >= 4 is 28.4 Å². The van der Waals surface area contributed by atoms with Crippen molar-refractivity contribution in [1.29, 1.82) is 0 Å². The smallest absolute Gasteiger partial charge is 0.312 e. The van der Waals surface area contributed by atoms with Crippen LogP contribution >= 0.6 is 0 Å². The lowest BCUT2D eigenvalue weighted by molar-refractivity contribution is -0.155. The van der Waals surface area contributed by atoms with Gasteiger partial charge in [0.15, 0.2) is 11.4 Å². The molecule has 0 aliphatic carbocycles. The number of H-pyrrole nitrogens is 1. The van der Waals surface area contributed by atoms with E-state index in [1.807, 2.05) is 31.3 Å². The minimum atomic E-state index is -0.490. The van der Waals surface area contributed by atoms with E-state index in [0.29, 0.717) is 37.6 Å². The first-order valence-corrected chi connectivity index (χ1v) is 12.5. The molecule has 3 aromatic heterocycles. The number of nitrogens with one attached hydrogen (secondary N) is 1. The summed E-state index contributed by atoms with van der Waals surface area (Å²) in [4.78, 5) is 36.1. The van der Waals surface area contributed by atoms with Crippen LogP contribution in [0.1, 0.15) is 43.9 Å². The average molecular weight is 505 g/mol. The summed E-state index contributed by atoms with van der Waals surface area (Å²) >= 11 is 0. The molecule has 10 nitrogen and oxygen atoms in total. The van der Waals surface area contributed by atoms with Gasteiger partial charge in [-0.25, -0.2) is 9.50 Å². The first kappa shape index (κ1) is 24.8. The monoisotopic (exact) mass is 504 g/mol. The number of methoxy groups -OCH3 is 1. The molecule has 0 radical (unpaired) electrons. The second-order valence-corrected chi connectivity index (χ2v) is 9.63. The lowest BCUT2D eigenvalue weighted by Crippen LogP contribution is -2.49. The number of hydrogen-bond acceptors (Lipinski definition) is 6. The topological polar surface area (TPSA) is 105 Å². The largest absolute Gasteiger partial charge is 0.493 e. The van der Waals surface area contributed by atoms with Gasteiger partial charge in [-0.2, -0.15) is 5.10 Å². The second kappa shape index (κ2) is 9.85. The summed E-state index contributed by atoms with van der Waals surface area (Å²) in [6.07, 6.45) is 3.14. The molecule has 5 rings (SSSR count). The molecule has 0 bridgehead atoms. The highest BCUT2D eigenvalue weighted by atomic mass is 16.5. The average Bonchev–Trinajstić information content (AvgIpc) is 3.55. The maximum atomic E-state index is 12.8. The molecular weight excluding hydrogens is 472 g/mol. The minimum Gasteiger partial charge on any atom is -0.493 e. The van der Waals surface area contributed by atoms with E-state index in [4.69, 9.17) is 9.47 Å². The summed E-state index contributed by atoms with van der Waals surface area (Å²) in [6.45, 7) is 7.78. The third-order valence-electron chi connectivity index (χ3n) is 7.02. The van der Waals surface area contributed by atoms with Crippen LogP contribution in [-0.2, 0) is 14.3 Å². The number of pyridine rings is 1. The van der Waals surface area contributed by atoms with Gasteiger partial charge in [-0.15, -0.1) is 0 Å². The standard InChI is InChI=1S/C27H32N6O4/c1-6-31(4)26(34)27(35)32-9-10-37-22(14-32)17-7-8-20-19(11-17)23(16(2)3)24(30-20)18-12-21(36-5)25-28-15-29-33(25)13-18/h7-8,11-13,15-16,22,30H,6,9-10,14H2,1-5H3. The number of benzene rings is 1. The number of carbonyl (C=O) groups is 2. The van der Waals surface area contributed by atoms with Crippen molar-refractivity contribution in [1.82, 2.24) is 29.4 Å². The zero-order valence-electron chi connectivity index (χ0n) is 21.8. The molecule has 194 valence electrons. The molecule has 1 unspecified atom stereocenters. The molecule has 1 aliphatic rings. The van der Waals surface area contributed by atoms with Crippen LogP contribution in [0.15, 0.2) is 36.8 Å². The van der Waals surface area contributed by atoms with E-state index in [-0.39, 0.29) is 12.0 Å². The summed E-state index contributed by atoms with van der Waals surface area (Å²) in [5.41, 5.74) is 5.74. The van der Waals surface area contributed by atoms with Gasteiger partial charge >= 0.3 is 11.8 Å². The quantitative estimate of drug-likeness (QED) is 0.418. The molecule has 1 atom stereocenters. The molecule has 0 spiro atoms. The number of amides is 2. The van der Waals surface area contributed by atoms with Gasteiger partial charge in [-0.3, -0.25) is 9.59 Å². The van der Waals surface area contributed by atoms with Crippen LogP contribution in [0, 0.1) is 0 Å². The molecule has 2 amide bonds. The summed E-state index contributed by atoms with van der Waals surface area (Å²) in [7, 11) is 3.26. The molecule has 4 aromatic rings. The Morgan fingerprint density at radius 3 is 2.84 bits per heavy atom. The van der Waals surface area contributed by atoms with Gasteiger partial charge in [0.25, 0.3) is 0 Å². The van der Waals surface area contributed by atoms with Crippen molar-refractivity contribution in [3.8, 4) is 17.0 Å². The highest BCUT2D eigenvalue weighted by molar-refractivity contribution is 6.34. The maximum absolute atomic E-state index is 12.8. The van der Waals surface area contributed by atoms with Crippen molar-refractivity contribution in [2.45, 2.75) is 32.8 Å². The zero-order valence-corrected chi connectivity index (χ0v) is 21.8. The molecule has 1 fully saturated rings. The predicted molar refractivity (Wildman–Crippen MR) is 140 cm³/mol. The third kappa shape index (κ3) is 4.42. The number of fused-ring (bicyclic) bond motifs is 2. The first-order chi connectivity index (χ1) is 17.8. The number of carbonyl (C=O) groups excluding carboxylic acids is 2. The molecule has 37 heavy (non-hydrogen) atoms. The maximum Gasteiger partial charge on any atom is 0.312 e. The number of rotatable bonds is 5. The Bertz CT molecular complexity index is 1470. The van der Waals surface area contributed by atoms with Crippen molar-refractivity contribution in [3.05, 3.63) is 47.9 Å². The van der Waals surface area contributed by atoms with E-state index in [9.17, 15) is 9.59 Å². The summed E-state index contributed by atoms with van der Waals surface area (Å²) in [5.74, 6) is -0.101. The fourth-order valence-electron chi connectivity index (χ4n) is 4.92. The number of hydrogen-bond donors (Lipinski definition) is 1. The van der Waals surface area contributed by atoms with Gasteiger partial charge in [0, 0.05) is 42.8 Å². The van der Waals surface area contributed by atoms with Crippen molar-refractivity contribution < 1.29 is 19.1 Å². The summed E-state index contributed by atoms with van der Waals surface area (Å²) in [6, 6.07) is 8.17. The molecule has 1 N–H and O–H groups in total. The Kier molecular flexibility index (Phi) is 6.59. The Morgan fingerprint density at radius 1 is 1.30 bits per heavy atom.